The highest BCUT2D eigenvalue weighted by Gasteiger charge is 2.24. The van der Waals surface area contributed by atoms with E-state index in [0.29, 0.717) is 18.2 Å². The smallest absolute Gasteiger partial charge is 0.242 e. The first-order chi connectivity index (χ1) is 10.6. The van der Waals surface area contributed by atoms with Gasteiger partial charge < -0.3 is 9.80 Å². The molecule has 114 valence electrons. The molecule has 0 unspecified atom stereocenters. The van der Waals surface area contributed by atoms with Gasteiger partial charge in [-0.15, -0.1) is 11.8 Å². The van der Waals surface area contributed by atoms with Crippen LogP contribution < -0.4 is 0 Å². The molecule has 2 aromatic carbocycles. The van der Waals surface area contributed by atoms with E-state index >= 15 is 0 Å². The van der Waals surface area contributed by atoms with Gasteiger partial charge in [-0.1, -0.05) is 36.4 Å². The summed E-state index contributed by atoms with van der Waals surface area (Å²) in [5, 5.41) is 2.37. The Balaban J connectivity index is 1.65. The number of hydrogen-bond acceptors (Lipinski definition) is 3. The number of benzene rings is 2. The molecule has 22 heavy (non-hydrogen) atoms. The van der Waals surface area contributed by atoms with Gasteiger partial charge in [-0.05, 0) is 22.4 Å². The van der Waals surface area contributed by atoms with Gasteiger partial charge in [-0.2, -0.15) is 0 Å². The summed E-state index contributed by atoms with van der Waals surface area (Å²) in [4.78, 5) is 27.1. The minimum Gasteiger partial charge on any atom is -0.340 e. The number of hydrogen-bond donors (Lipinski definition) is 0. The van der Waals surface area contributed by atoms with Crippen molar-refractivity contribution in [3.05, 3.63) is 48.0 Å². The molecule has 0 aliphatic carbocycles. The zero-order chi connectivity index (χ0) is 15.5. The molecule has 2 amide bonds. The standard InChI is InChI=1S/C17H18N2O2S/c1-18(16(20)10-19-12-22-11-17(19)21)9-13-6-7-14-4-2-3-5-15(14)8-13/h2-8H,9-12H2,1H3. The Bertz CT molecular complexity index is 717. The van der Waals surface area contributed by atoms with Gasteiger partial charge in [0.1, 0.15) is 6.54 Å². The predicted octanol–water partition coefficient (Wildman–Crippen LogP) is 2.33. The number of amides is 2. The van der Waals surface area contributed by atoms with Crippen LogP contribution >= 0.6 is 11.8 Å². The Labute approximate surface area is 134 Å². The predicted molar refractivity (Wildman–Crippen MR) is 89.5 cm³/mol. The van der Waals surface area contributed by atoms with Crippen LogP contribution in [0.4, 0.5) is 0 Å². The fraction of sp³-hybridized carbons (Fsp3) is 0.294. The van der Waals surface area contributed by atoms with Crippen LogP contribution in [0.15, 0.2) is 42.5 Å². The maximum Gasteiger partial charge on any atom is 0.242 e. The van der Waals surface area contributed by atoms with Gasteiger partial charge in [-0.3, -0.25) is 9.59 Å². The van der Waals surface area contributed by atoms with Crippen LogP contribution in [0.3, 0.4) is 0 Å². The molecule has 2 aromatic rings. The molecule has 1 aliphatic rings. The third-order valence-electron chi connectivity index (χ3n) is 3.81. The van der Waals surface area contributed by atoms with E-state index in [4.69, 9.17) is 0 Å². The molecule has 1 heterocycles. The fourth-order valence-electron chi connectivity index (χ4n) is 2.52. The van der Waals surface area contributed by atoms with Gasteiger partial charge in [-0.25, -0.2) is 0 Å². The Kier molecular flexibility index (Phi) is 4.34. The van der Waals surface area contributed by atoms with Crippen LogP contribution in [-0.2, 0) is 16.1 Å². The number of fused-ring (bicyclic) bond motifs is 1. The van der Waals surface area contributed by atoms with Crippen LogP contribution in [0.5, 0.6) is 0 Å². The second-order valence-electron chi connectivity index (χ2n) is 5.50. The topological polar surface area (TPSA) is 40.6 Å². The van der Waals surface area contributed by atoms with E-state index in [-0.39, 0.29) is 18.4 Å². The van der Waals surface area contributed by atoms with Gasteiger partial charge in [0.25, 0.3) is 0 Å². The van der Waals surface area contributed by atoms with E-state index in [0.717, 1.165) is 5.56 Å². The van der Waals surface area contributed by atoms with Crippen molar-refractivity contribution < 1.29 is 9.59 Å². The molecule has 0 radical (unpaired) electrons. The van der Waals surface area contributed by atoms with Gasteiger partial charge >= 0.3 is 0 Å². The first kappa shape index (κ1) is 14.9. The summed E-state index contributed by atoms with van der Waals surface area (Å²) in [6, 6.07) is 14.4. The number of rotatable bonds is 4. The molecule has 1 fully saturated rings. The molecule has 5 heteroatoms. The molecule has 1 aliphatic heterocycles. The van der Waals surface area contributed by atoms with E-state index in [9.17, 15) is 9.59 Å². The lowest BCUT2D eigenvalue weighted by atomic mass is 10.1. The molecule has 0 spiro atoms. The van der Waals surface area contributed by atoms with Crippen LogP contribution in [0.1, 0.15) is 5.56 Å². The van der Waals surface area contributed by atoms with Crippen LogP contribution in [0.25, 0.3) is 10.8 Å². The SMILES string of the molecule is CN(Cc1ccc2ccccc2c1)C(=O)CN1CSCC1=O. The van der Waals surface area contributed by atoms with Crippen molar-refractivity contribution in [1.82, 2.24) is 9.80 Å². The summed E-state index contributed by atoms with van der Waals surface area (Å²) >= 11 is 1.56. The summed E-state index contributed by atoms with van der Waals surface area (Å²) in [6.45, 7) is 0.731. The number of carbonyl (C=O) groups excluding carboxylic acids is 2. The lowest BCUT2D eigenvalue weighted by molar-refractivity contribution is -0.137. The van der Waals surface area contributed by atoms with E-state index < -0.39 is 0 Å². The highest BCUT2D eigenvalue weighted by atomic mass is 32.2. The minimum absolute atomic E-state index is 0.0241. The van der Waals surface area contributed by atoms with Crippen molar-refractivity contribution in [2.75, 3.05) is 25.2 Å². The van der Waals surface area contributed by atoms with E-state index in [2.05, 4.69) is 24.3 Å². The van der Waals surface area contributed by atoms with E-state index in [1.165, 1.54) is 10.8 Å². The van der Waals surface area contributed by atoms with Crippen molar-refractivity contribution >= 4 is 34.3 Å². The molecule has 1 saturated heterocycles. The van der Waals surface area contributed by atoms with Gasteiger partial charge in [0.15, 0.2) is 0 Å². The highest BCUT2D eigenvalue weighted by Crippen LogP contribution is 2.17. The quantitative estimate of drug-likeness (QED) is 0.870. The monoisotopic (exact) mass is 314 g/mol. The van der Waals surface area contributed by atoms with Crippen molar-refractivity contribution in [2.24, 2.45) is 0 Å². The van der Waals surface area contributed by atoms with Crippen LogP contribution in [0, 0.1) is 0 Å². The lowest BCUT2D eigenvalue weighted by Gasteiger charge is -2.21. The van der Waals surface area contributed by atoms with Crippen molar-refractivity contribution in [3.8, 4) is 0 Å². The van der Waals surface area contributed by atoms with Crippen molar-refractivity contribution in [2.45, 2.75) is 6.54 Å². The minimum atomic E-state index is -0.0241. The molecule has 0 N–H and O–H groups in total. The molecule has 0 saturated carbocycles. The molecule has 0 atom stereocenters. The average Bonchev–Trinajstić information content (AvgIpc) is 2.92. The summed E-state index contributed by atoms with van der Waals surface area (Å²) in [5.74, 6) is 1.14. The van der Waals surface area contributed by atoms with Gasteiger partial charge in [0.05, 0.1) is 11.6 Å². The van der Waals surface area contributed by atoms with Crippen molar-refractivity contribution in [1.29, 1.82) is 0 Å². The zero-order valence-electron chi connectivity index (χ0n) is 12.5. The Hall–Kier alpha value is -2.01. The molecular weight excluding hydrogens is 296 g/mol. The Morgan fingerprint density at radius 3 is 2.73 bits per heavy atom. The molecular formula is C17H18N2O2S. The summed E-state index contributed by atoms with van der Waals surface area (Å²) < 4.78 is 0. The second kappa shape index (κ2) is 6.40. The normalized spacial score (nSPS) is 14.6. The third-order valence-corrected chi connectivity index (χ3v) is 4.76. The van der Waals surface area contributed by atoms with Crippen molar-refractivity contribution in [3.63, 3.8) is 0 Å². The number of nitrogens with zero attached hydrogens (tertiary/aromatic N) is 2. The lowest BCUT2D eigenvalue weighted by Crippen LogP contribution is -2.38. The molecule has 0 bridgehead atoms. The maximum absolute atomic E-state index is 12.2. The third kappa shape index (κ3) is 3.25. The maximum atomic E-state index is 12.2. The number of thioether (sulfide) groups is 1. The molecule has 4 nitrogen and oxygen atoms in total. The first-order valence-corrected chi connectivity index (χ1v) is 8.36. The Morgan fingerprint density at radius 2 is 2.00 bits per heavy atom. The second-order valence-corrected chi connectivity index (χ2v) is 6.46. The molecule has 0 aromatic heterocycles. The average molecular weight is 314 g/mol. The molecule has 3 rings (SSSR count). The number of likely N-dealkylation sites (N-methyl/N-ethyl adjacent to an activating group) is 1. The zero-order valence-corrected chi connectivity index (χ0v) is 13.3. The summed E-state index contributed by atoms with van der Waals surface area (Å²) in [6.07, 6.45) is 0. The largest absolute Gasteiger partial charge is 0.340 e. The van der Waals surface area contributed by atoms with Gasteiger partial charge in [0, 0.05) is 13.6 Å². The number of carbonyl (C=O) groups is 2. The Morgan fingerprint density at radius 1 is 1.23 bits per heavy atom. The van der Waals surface area contributed by atoms with Crippen LogP contribution in [0.2, 0.25) is 0 Å². The fourth-order valence-corrected chi connectivity index (χ4v) is 3.43. The highest BCUT2D eigenvalue weighted by molar-refractivity contribution is 8.00. The van der Waals surface area contributed by atoms with Crippen LogP contribution in [-0.4, -0.2) is 46.8 Å². The van der Waals surface area contributed by atoms with E-state index in [1.54, 1.807) is 28.6 Å². The summed E-state index contributed by atoms with van der Waals surface area (Å²) in [5.41, 5.74) is 1.09. The first-order valence-electron chi connectivity index (χ1n) is 7.20. The van der Waals surface area contributed by atoms with Gasteiger partial charge in [0.2, 0.25) is 11.8 Å². The summed E-state index contributed by atoms with van der Waals surface area (Å²) in [7, 11) is 1.78. The van der Waals surface area contributed by atoms with E-state index in [1.807, 2.05) is 18.2 Å².